The standard InChI is InChI=1S/C22H16ClN7OS2/c23-16-3-4-17(33-16)30-19(28-29-20(30)22-26-8-9-32-22)12-10-13(11-12)27-21(31)14-5-7-24-15-2-1-6-25-18(14)15/h1-9,12-13H,10-11H2,(H,27,31)/t12-,13-. The van der Waals surface area contributed by atoms with E-state index in [2.05, 4.69) is 30.5 Å². The summed E-state index contributed by atoms with van der Waals surface area (Å²) in [7, 11) is 0. The minimum Gasteiger partial charge on any atom is -0.349 e. The Morgan fingerprint density at radius 2 is 1.97 bits per heavy atom. The zero-order chi connectivity index (χ0) is 22.4. The molecule has 0 unspecified atom stereocenters. The van der Waals surface area contributed by atoms with Crippen LogP contribution in [-0.4, -0.2) is 41.7 Å². The summed E-state index contributed by atoms with van der Waals surface area (Å²) in [6.45, 7) is 0. The molecule has 1 aliphatic carbocycles. The Bertz CT molecular complexity index is 1450. The molecule has 0 saturated heterocycles. The maximum atomic E-state index is 12.9. The van der Waals surface area contributed by atoms with Crippen molar-refractivity contribution in [3.05, 3.63) is 70.0 Å². The SMILES string of the molecule is O=C(N[C@H]1C[C@H](c2nnc(-c3nccs3)n2-c2ccc(Cl)s2)C1)c1ccnc2cccnc12. The summed E-state index contributed by atoms with van der Waals surface area (Å²) in [5, 5.41) is 15.7. The van der Waals surface area contributed by atoms with Crippen molar-refractivity contribution in [3.8, 4) is 15.8 Å². The third-order valence-corrected chi connectivity index (χ3v) is 7.66. The molecule has 1 amide bonds. The first-order chi connectivity index (χ1) is 16.2. The van der Waals surface area contributed by atoms with E-state index in [9.17, 15) is 4.79 Å². The summed E-state index contributed by atoms with van der Waals surface area (Å²) in [6.07, 6.45) is 6.61. The predicted molar refractivity (Wildman–Crippen MR) is 128 cm³/mol. The van der Waals surface area contributed by atoms with Crippen LogP contribution in [0.1, 0.15) is 34.9 Å². The number of halogens is 1. The van der Waals surface area contributed by atoms with Crippen LogP contribution in [0.2, 0.25) is 4.34 Å². The number of thiazole rings is 1. The molecule has 1 fully saturated rings. The van der Waals surface area contributed by atoms with Crippen molar-refractivity contribution in [2.24, 2.45) is 0 Å². The van der Waals surface area contributed by atoms with Crippen molar-refractivity contribution in [2.75, 3.05) is 0 Å². The van der Waals surface area contributed by atoms with E-state index in [0.717, 1.165) is 28.7 Å². The highest BCUT2D eigenvalue weighted by Gasteiger charge is 2.36. The summed E-state index contributed by atoms with van der Waals surface area (Å²) >= 11 is 9.20. The largest absolute Gasteiger partial charge is 0.349 e. The van der Waals surface area contributed by atoms with Crippen LogP contribution in [0.25, 0.3) is 26.9 Å². The van der Waals surface area contributed by atoms with E-state index in [1.54, 1.807) is 24.7 Å². The van der Waals surface area contributed by atoms with Crippen LogP contribution in [0.5, 0.6) is 0 Å². The number of hydrogen-bond acceptors (Lipinski definition) is 8. The number of hydrogen-bond donors (Lipinski definition) is 1. The molecule has 5 aromatic rings. The van der Waals surface area contributed by atoms with Gasteiger partial charge >= 0.3 is 0 Å². The third-order valence-electron chi connectivity index (χ3n) is 5.67. The predicted octanol–water partition coefficient (Wildman–Crippen LogP) is 4.72. The zero-order valence-corrected chi connectivity index (χ0v) is 19.4. The Morgan fingerprint density at radius 1 is 1.06 bits per heavy atom. The Morgan fingerprint density at radius 3 is 2.76 bits per heavy atom. The number of carbonyl (C=O) groups excluding carboxylic acids is 1. The molecule has 1 saturated carbocycles. The number of fused-ring (bicyclic) bond motifs is 1. The molecule has 1 aliphatic rings. The highest BCUT2D eigenvalue weighted by atomic mass is 35.5. The summed E-state index contributed by atoms with van der Waals surface area (Å²) in [6, 6.07) is 9.25. The van der Waals surface area contributed by atoms with Crippen LogP contribution in [-0.2, 0) is 0 Å². The lowest BCUT2D eigenvalue weighted by Crippen LogP contribution is -2.44. The van der Waals surface area contributed by atoms with Crippen molar-refractivity contribution in [3.63, 3.8) is 0 Å². The molecule has 5 aromatic heterocycles. The van der Waals surface area contributed by atoms with Crippen LogP contribution in [0.4, 0.5) is 0 Å². The topological polar surface area (TPSA) is 98.5 Å². The first-order valence-electron chi connectivity index (χ1n) is 10.3. The van der Waals surface area contributed by atoms with Gasteiger partial charge in [0, 0.05) is 35.9 Å². The lowest BCUT2D eigenvalue weighted by molar-refractivity contribution is 0.0908. The van der Waals surface area contributed by atoms with E-state index >= 15 is 0 Å². The fourth-order valence-corrected chi connectivity index (χ4v) is 5.70. The molecule has 1 N–H and O–H groups in total. The highest BCUT2D eigenvalue weighted by molar-refractivity contribution is 7.18. The van der Waals surface area contributed by atoms with E-state index in [0.29, 0.717) is 26.8 Å². The normalized spacial score (nSPS) is 17.7. The molecular formula is C22H16ClN7OS2. The summed E-state index contributed by atoms with van der Waals surface area (Å²) in [5.41, 5.74) is 1.84. The van der Waals surface area contributed by atoms with Crippen LogP contribution in [0.3, 0.4) is 0 Å². The van der Waals surface area contributed by atoms with Crippen LogP contribution < -0.4 is 5.32 Å². The Labute approximate surface area is 201 Å². The average Bonchev–Trinajstić information content (AvgIpc) is 3.55. The Kier molecular flexibility index (Phi) is 5.12. The number of rotatable bonds is 5. The van der Waals surface area contributed by atoms with Gasteiger partial charge in [-0.15, -0.1) is 32.9 Å². The average molecular weight is 494 g/mol. The minimum absolute atomic E-state index is 0.0508. The molecular weight excluding hydrogens is 478 g/mol. The van der Waals surface area contributed by atoms with Crippen molar-refractivity contribution in [1.82, 2.24) is 35.0 Å². The van der Waals surface area contributed by atoms with Gasteiger partial charge in [-0.2, -0.15) is 0 Å². The molecule has 164 valence electrons. The second-order valence-electron chi connectivity index (χ2n) is 7.70. The van der Waals surface area contributed by atoms with E-state index < -0.39 is 0 Å². The van der Waals surface area contributed by atoms with Crippen LogP contribution >= 0.6 is 34.3 Å². The number of thiophene rings is 1. The van der Waals surface area contributed by atoms with E-state index in [4.69, 9.17) is 11.6 Å². The summed E-state index contributed by atoms with van der Waals surface area (Å²) in [4.78, 5) is 25.9. The van der Waals surface area contributed by atoms with Crippen LogP contribution in [0, 0.1) is 0 Å². The van der Waals surface area contributed by atoms with Gasteiger partial charge in [-0.25, -0.2) is 4.98 Å². The van der Waals surface area contributed by atoms with Crippen LogP contribution in [0.15, 0.2) is 54.3 Å². The second kappa shape index (κ2) is 8.29. The van der Waals surface area contributed by atoms with Gasteiger partial charge < -0.3 is 5.32 Å². The number of nitrogens with one attached hydrogen (secondary N) is 1. The van der Waals surface area contributed by atoms with Gasteiger partial charge in [0.2, 0.25) is 0 Å². The second-order valence-corrected chi connectivity index (χ2v) is 10.3. The van der Waals surface area contributed by atoms with Crippen molar-refractivity contribution in [1.29, 1.82) is 0 Å². The molecule has 0 spiro atoms. The molecule has 5 heterocycles. The van der Waals surface area contributed by atoms with Crippen molar-refractivity contribution < 1.29 is 4.79 Å². The summed E-state index contributed by atoms with van der Waals surface area (Å²) in [5.74, 6) is 1.60. The van der Waals surface area contributed by atoms with Gasteiger partial charge in [-0.1, -0.05) is 11.6 Å². The van der Waals surface area contributed by atoms with Crippen molar-refractivity contribution >= 4 is 51.2 Å². The summed E-state index contributed by atoms with van der Waals surface area (Å²) < 4.78 is 2.74. The molecule has 33 heavy (non-hydrogen) atoms. The molecule has 0 atom stereocenters. The Balaban J connectivity index is 1.23. The third kappa shape index (κ3) is 3.69. The molecule has 0 bridgehead atoms. The number of pyridine rings is 2. The first kappa shape index (κ1) is 20.4. The lowest BCUT2D eigenvalue weighted by atomic mass is 9.79. The Hall–Kier alpha value is -3.21. The van der Waals surface area contributed by atoms with Gasteiger partial charge in [0.1, 0.15) is 16.3 Å². The highest BCUT2D eigenvalue weighted by Crippen LogP contribution is 2.40. The molecule has 11 heteroatoms. The van der Waals surface area contributed by atoms with Gasteiger partial charge in [0.15, 0.2) is 10.8 Å². The number of carbonyl (C=O) groups is 1. The number of aromatic nitrogens is 6. The molecule has 8 nitrogen and oxygen atoms in total. The number of amides is 1. The molecule has 6 rings (SSSR count). The van der Waals surface area contributed by atoms with Gasteiger partial charge in [0.05, 0.1) is 15.4 Å². The van der Waals surface area contributed by atoms with E-state index in [1.807, 2.05) is 34.2 Å². The maximum absolute atomic E-state index is 12.9. The van der Waals surface area contributed by atoms with E-state index in [-0.39, 0.29) is 17.9 Å². The van der Waals surface area contributed by atoms with Crippen molar-refractivity contribution in [2.45, 2.75) is 24.8 Å². The van der Waals surface area contributed by atoms with Gasteiger partial charge in [-0.05, 0) is 43.2 Å². The van der Waals surface area contributed by atoms with E-state index in [1.165, 1.54) is 22.7 Å². The maximum Gasteiger partial charge on any atom is 0.253 e. The lowest BCUT2D eigenvalue weighted by Gasteiger charge is -2.35. The zero-order valence-electron chi connectivity index (χ0n) is 17.1. The molecule has 0 aromatic carbocycles. The fourth-order valence-electron chi connectivity index (χ4n) is 4.05. The van der Waals surface area contributed by atoms with Gasteiger partial charge in [0.25, 0.3) is 5.91 Å². The molecule has 0 aliphatic heterocycles. The molecule has 0 radical (unpaired) electrons. The number of nitrogens with zero attached hydrogens (tertiary/aromatic N) is 6. The monoisotopic (exact) mass is 493 g/mol. The van der Waals surface area contributed by atoms with Gasteiger partial charge in [-0.3, -0.25) is 19.3 Å². The first-order valence-corrected chi connectivity index (χ1v) is 12.4. The quantitative estimate of drug-likeness (QED) is 0.380. The fraction of sp³-hybridized carbons (Fsp3) is 0.182. The smallest absolute Gasteiger partial charge is 0.253 e. The minimum atomic E-state index is -0.139.